The first kappa shape index (κ1) is 20.1. The number of aliphatic imine (C=N–C) groups is 1. The van der Waals surface area contributed by atoms with Crippen molar-refractivity contribution in [2.45, 2.75) is 13.1 Å². The molecule has 1 heterocycles. The topological polar surface area (TPSA) is 49.8 Å². The van der Waals surface area contributed by atoms with Gasteiger partial charge in [-0.2, -0.15) is 0 Å². The number of methoxy groups -OCH3 is 1. The predicted molar refractivity (Wildman–Crippen MR) is 104 cm³/mol. The van der Waals surface area contributed by atoms with E-state index in [0.29, 0.717) is 24.9 Å². The maximum absolute atomic E-state index is 13.3. The number of nitrogens with one attached hydrogen (secondary N) is 1. The number of ether oxygens (including phenoxy) is 1. The quantitative estimate of drug-likeness (QED) is 0.438. The Morgan fingerprint density at radius 2 is 2.12 bits per heavy atom. The van der Waals surface area contributed by atoms with Crippen molar-refractivity contribution >= 4 is 29.9 Å². The third-order valence-electron chi connectivity index (χ3n) is 3.36. The van der Waals surface area contributed by atoms with E-state index in [0.717, 1.165) is 11.1 Å². The van der Waals surface area contributed by atoms with Crippen LogP contribution in [0.4, 0.5) is 4.39 Å². The van der Waals surface area contributed by atoms with Crippen LogP contribution in [0.15, 0.2) is 47.6 Å². The number of rotatable bonds is 5. The Balaban J connectivity index is 0.00000288. The van der Waals surface area contributed by atoms with Crippen molar-refractivity contribution in [3.8, 4) is 5.88 Å². The van der Waals surface area contributed by atoms with Crippen LogP contribution >= 0.6 is 24.0 Å². The number of aromatic nitrogens is 1. The molecule has 7 heteroatoms. The molecule has 0 unspecified atom stereocenters. The summed E-state index contributed by atoms with van der Waals surface area (Å²) in [6, 6.07) is 10.4. The summed E-state index contributed by atoms with van der Waals surface area (Å²) in [5.41, 5.74) is 1.82. The van der Waals surface area contributed by atoms with E-state index in [1.54, 1.807) is 26.4 Å². The molecule has 1 aromatic heterocycles. The zero-order chi connectivity index (χ0) is 16.7. The molecule has 0 spiro atoms. The SMILES string of the molecule is CN=C(NCc1cccnc1OC)N(C)Cc1cccc(F)c1.I. The second-order valence-corrected chi connectivity index (χ2v) is 5.06. The molecule has 0 aliphatic heterocycles. The summed E-state index contributed by atoms with van der Waals surface area (Å²) in [7, 11) is 5.21. The molecule has 0 bridgehead atoms. The third kappa shape index (κ3) is 5.63. The minimum atomic E-state index is -0.237. The van der Waals surface area contributed by atoms with Crippen molar-refractivity contribution in [2.75, 3.05) is 21.2 Å². The van der Waals surface area contributed by atoms with Crippen LogP contribution in [-0.4, -0.2) is 37.0 Å². The fourth-order valence-corrected chi connectivity index (χ4v) is 2.29. The number of hydrogen-bond acceptors (Lipinski definition) is 3. The minimum Gasteiger partial charge on any atom is -0.481 e. The largest absolute Gasteiger partial charge is 0.481 e. The van der Waals surface area contributed by atoms with Gasteiger partial charge in [-0.1, -0.05) is 18.2 Å². The van der Waals surface area contributed by atoms with Crippen LogP contribution in [0.5, 0.6) is 5.88 Å². The Hall–Kier alpha value is -1.90. The molecule has 0 atom stereocenters. The number of benzene rings is 1. The highest BCUT2D eigenvalue weighted by molar-refractivity contribution is 14.0. The van der Waals surface area contributed by atoms with Crippen LogP contribution in [0.1, 0.15) is 11.1 Å². The molecule has 0 amide bonds. The second kappa shape index (κ2) is 10.1. The maximum atomic E-state index is 13.3. The molecule has 1 aromatic carbocycles. The maximum Gasteiger partial charge on any atom is 0.218 e. The van der Waals surface area contributed by atoms with Gasteiger partial charge in [-0.15, -0.1) is 24.0 Å². The van der Waals surface area contributed by atoms with E-state index in [1.807, 2.05) is 30.1 Å². The van der Waals surface area contributed by atoms with Crippen molar-refractivity contribution in [3.05, 3.63) is 59.5 Å². The van der Waals surface area contributed by atoms with Crippen molar-refractivity contribution in [1.82, 2.24) is 15.2 Å². The van der Waals surface area contributed by atoms with Crippen molar-refractivity contribution in [1.29, 1.82) is 0 Å². The molecule has 0 radical (unpaired) electrons. The van der Waals surface area contributed by atoms with E-state index in [9.17, 15) is 4.39 Å². The number of halogens is 2. The normalized spacial score (nSPS) is 10.8. The highest BCUT2D eigenvalue weighted by Crippen LogP contribution is 2.13. The Kier molecular flexibility index (Phi) is 8.45. The van der Waals surface area contributed by atoms with Gasteiger partial charge in [0.2, 0.25) is 5.88 Å². The molecular formula is C17H22FIN4O. The highest BCUT2D eigenvalue weighted by atomic mass is 127. The molecule has 0 aliphatic rings. The predicted octanol–water partition coefficient (Wildman–Crippen LogP) is 3.05. The standard InChI is InChI=1S/C17H21FN4O.HI/c1-19-17(21-11-14-7-5-9-20-16(14)23-3)22(2)12-13-6-4-8-15(18)10-13;/h4-10H,11-12H2,1-3H3,(H,19,21);1H. The van der Waals surface area contributed by atoms with Gasteiger partial charge in [-0.25, -0.2) is 9.37 Å². The number of guanidine groups is 1. The van der Waals surface area contributed by atoms with Gasteiger partial charge >= 0.3 is 0 Å². The number of hydrogen-bond donors (Lipinski definition) is 1. The van der Waals surface area contributed by atoms with Gasteiger partial charge in [0.25, 0.3) is 0 Å². The Morgan fingerprint density at radius 1 is 1.33 bits per heavy atom. The molecule has 1 N–H and O–H groups in total. The third-order valence-corrected chi connectivity index (χ3v) is 3.36. The number of nitrogens with zero attached hydrogens (tertiary/aromatic N) is 3. The van der Waals surface area contributed by atoms with Crippen molar-refractivity contribution in [3.63, 3.8) is 0 Å². The molecule has 0 saturated heterocycles. The molecule has 5 nitrogen and oxygen atoms in total. The first-order chi connectivity index (χ1) is 11.1. The summed E-state index contributed by atoms with van der Waals surface area (Å²) >= 11 is 0. The van der Waals surface area contributed by atoms with E-state index in [4.69, 9.17) is 4.74 Å². The first-order valence-electron chi connectivity index (χ1n) is 7.28. The lowest BCUT2D eigenvalue weighted by Crippen LogP contribution is -2.38. The van der Waals surface area contributed by atoms with Crippen LogP contribution in [-0.2, 0) is 13.1 Å². The monoisotopic (exact) mass is 444 g/mol. The molecule has 2 aromatic rings. The van der Waals surface area contributed by atoms with Crippen LogP contribution in [0.2, 0.25) is 0 Å². The summed E-state index contributed by atoms with van der Waals surface area (Å²) in [6.45, 7) is 1.10. The summed E-state index contributed by atoms with van der Waals surface area (Å²) in [4.78, 5) is 10.3. The summed E-state index contributed by atoms with van der Waals surface area (Å²) in [5.74, 6) is 1.06. The van der Waals surface area contributed by atoms with Gasteiger partial charge in [-0.3, -0.25) is 4.99 Å². The highest BCUT2D eigenvalue weighted by Gasteiger charge is 2.09. The van der Waals surface area contributed by atoms with Crippen LogP contribution in [0.25, 0.3) is 0 Å². The van der Waals surface area contributed by atoms with Crippen LogP contribution < -0.4 is 10.1 Å². The molecule has 130 valence electrons. The van der Waals surface area contributed by atoms with Gasteiger partial charge in [-0.05, 0) is 23.8 Å². The molecule has 2 rings (SSSR count). The molecule has 24 heavy (non-hydrogen) atoms. The molecule has 0 aliphatic carbocycles. The Morgan fingerprint density at radius 3 is 2.79 bits per heavy atom. The van der Waals surface area contributed by atoms with E-state index in [2.05, 4.69) is 15.3 Å². The van der Waals surface area contributed by atoms with Gasteiger partial charge in [0.05, 0.1) is 7.11 Å². The van der Waals surface area contributed by atoms with Crippen LogP contribution in [0.3, 0.4) is 0 Å². The van der Waals surface area contributed by atoms with E-state index < -0.39 is 0 Å². The van der Waals surface area contributed by atoms with Gasteiger partial charge in [0.15, 0.2) is 5.96 Å². The lowest BCUT2D eigenvalue weighted by atomic mass is 10.2. The zero-order valence-electron chi connectivity index (χ0n) is 14.0. The lowest BCUT2D eigenvalue weighted by Gasteiger charge is -2.22. The summed E-state index contributed by atoms with van der Waals surface area (Å²) in [5, 5.41) is 3.26. The van der Waals surface area contributed by atoms with Crippen molar-refractivity contribution < 1.29 is 9.13 Å². The fourth-order valence-electron chi connectivity index (χ4n) is 2.29. The smallest absolute Gasteiger partial charge is 0.218 e. The van der Waals surface area contributed by atoms with Gasteiger partial charge in [0.1, 0.15) is 5.82 Å². The van der Waals surface area contributed by atoms with Gasteiger partial charge in [0, 0.05) is 38.9 Å². The molecule has 0 fully saturated rings. The van der Waals surface area contributed by atoms with Crippen LogP contribution in [0, 0.1) is 5.82 Å². The van der Waals surface area contributed by atoms with E-state index in [1.165, 1.54) is 12.1 Å². The van der Waals surface area contributed by atoms with Crippen molar-refractivity contribution in [2.24, 2.45) is 4.99 Å². The fraction of sp³-hybridized carbons (Fsp3) is 0.294. The number of pyridine rings is 1. The van der Waals surface area contributed by atoms with E-state index >= 15 is 0 Å². The minimum absolute atomic E-state index is 0. The molecular weight excluding hydrogens is 422 g/mol. The Bertz CT molecular complexity index is 681. The second-order valence-electron chi connectivity index (χ2n) is 5.06. The lowest BCUT2D eigenvalue weighted by molar-refractivity contribution is 0.391. The summed E-state index contributed by atoms with van der Waals surface area (Å²) < 4.78 is 18.5. The average molecular weight is 444 g/mol. The summed E-state index contributed by atoms with van der Waals surface area (Å²) in [6.07, 6.45) is 1.69. The average Bonchev–Trinajstić information content (AvgIpc) is 2.55. The van der Waals surface area contributed by atoms with Gasteiger partial charge < -0.3 is 15.0 Å². The zero-order valence-corrected chi connectivity index (χ0v) is 16.3. The Labute approximate surface area is 159 Å². The molecule has 0 saturated carbocycles. The first-order valence-corrected chi connectivity index (χ1v) is 7.28. The van der Waals surface area contributed by atoms with E-state index in [-0.39, 0.29) is 29.8 Å².